The van der Waals surface area contributed by atoms with Gasteiger partial charge in [0.2, 0.25) is 5.91 Å². The zero-order chi connectivity index (χ0) is 21.8. The third-order valence-corrected chi connectivity index (χ3v) is 4.73. The lowest BCUT2D eigenvalue weighted by atomic mass is 10.1. The van der Waals surface area contributed by atoms with E-state index in [2.05, 4.69) is 0 Å². The van der Waals surface area contributed by atoms with Crippen molar-refractivity contribution in [2.45, 2.75) is 20.3 Å². The van der Waals surface area contributed by atoms with Crippen molar-refractivity contribution in [3.05, 3.63) is 63.7 Å². The molecule has 0 saturated carbocycles. The van der Waals surface area contributed by atoms with E-state index in [9.17, 15) is 24.5 Å². The minimum Gasteiger partial charge on any atom is -0.465 e. The van der Waals surface area contributed by atoms with Gasteiger partial charge in [-0.2, -0.15) is 0 Å². The molecule has 0 unspecified atom stereocenters. The monoisotopic (exact) mass is 411 g/mol. The predicted molar refractivity (Wildman–Crippen MR) is 110 cm³/mol. The summed E-state index contributed by atoms with van der Waals surface area (Å²) in [7, 11) is 0. The molecule has 1 aliphatic rings. The summed E-state index contributed by atoms with van der Waals surface area (Å²) in [6.07, 6.45) is 0.0197. The van der Waals surface area contributed by atoms with Crippen molar-refractivity contribution < 1.29 is 24.0 Å². The number of aryl methyl sites for hydroxylation is 1. The van der Waals surface area contributed by atoms with Crippen LogP contribution < -0.4 is 9.80 Å². The number of non-ortho nitro benzene ring substituents is 1. The second-order valence-corrected chi connectivity index (χ2v) is 6.79. The van der Waals surface area contributed by atoms with Crippen molar-refractivity contribution in [1.29, 1.82) is 0 Å². The second-order valence-electron chi connectivity index (χ2n) is 6.79. The Morgan fingerprint density at radius 1 is 1.13 bits per heavy atom. The van der Waals surface area contributed by atoms with E-state index in [4.69, 9.17) is 4.74 Å². The summed E-state index contributed by atoms with van der Waals surface area (Å²) >= 11 is 0. The Morgan fingerprint density at radius 3 is 2.47 bits per heavy atom. The lowest BCUT2D eigenvalue weighted by molar-refractivity contribution is -0.384. The van der Waals surface area contributed by atoms with Crippen LogP contribution in [0.25, 0.3) is 0 Å². The van der Waals surface area contributed by atoms with Gasteiger partial charge in [-0.15, -0.1) is 0 Å². The Hall–Kier alpha value is -3.75. The molecule has 2 aromatic rings. The number of nitro benzene ring substituents is 1. The molecule has 1 heterocycles. The van der Waals surface area contributed by atoms with Gasteiger partial charge in [0.15, 0.2) is 0 Å². The van der Waals surface area contributed by atoms with E-state index >= 15 is 0 Å². The molecule has 0 spiro atoms. The minimum absolute atomic E-state index is 0.0197. The van der Waals surface area contributed by atoms with Gasteiger partial charge in [-0.3, -0.25) is 29.4 Å². The van der Waals surface area contributed by atoms with E-state index in [1.807, 2.05) is 13.0 Å². The molecule has 0 saturated heterocycles. The van der Waals surface area contributed by atoms with Gasteiger partial charge in [-0.25, -0.2) is 0 Å². The van der Waals surface area contributed by atoms with Crippen LogP contribution in [0.5, 0.6) is 0 Å². The number of anilines is 2. The topological polar surface area (TPSA) is 110 Å². The molecule has 0 bridgehead atoms. The number of amides is 2. The number of ether oxygens (including phenoxy) is 1. The zero-order valence-corrected chi connectivity index (χ0v) is 16.7. The van der Waals surface area contributed by atoms with Crippen LogP contribution in [-0.2, 0) is 14.3 Å². The largest absolute Gasteiger partial charge is 0.465 e. The number of rotatable bonds is 5. The van der Waals surface area contributed by atoms with Crippen molar-refractivity contribution in [1.82, 2.24) is 0 Å². The van der Waals surface area contributed by atoms with Gasteiger partial charge in [-0.1, -0.05) is 6.07 Å². The van der Waals surface area contributed by atoms with Crippen molar-refractivity contribution in [3.63, 3.8) is 0 Å². The van der Waals surface area contributed by atoms with Gasteiger partial charge >= 0.3 is 5.97 Å². The first kappa shape index (κ1) is 21.0. The van der Waals surface area contributed by atoms with Crippen LogP contribution in [-0.4, -0.2) is 42.4 Å². The lowest BCUT2D eigenvalue weighted by Gasteiger charge is -2.25. The predicted octanol–water partition coefficient (Wildman–Crippen LogP) is 2.85. The smallest absolute Gasteiger partial charge is 0.326 e. The molecule has 1 aliphatic heterocycles. The Morgan fingerprint density at radius 2 is 1.83 bits per heavy atom. The van der Waals surface area contributed by atoms with Gasteiger partial charge in [0.1, 0.15) is 6.54 Å². The van der Waals surface area contributed by atoms with Crippen molar-refractivity contribution in [3.8, 4) is 0 Å². The summed E-state index contributed by atoms with van der Waals surface area (Å²) in [5.74, 6) is -1.22. The van der Waals surface area contributed by atoms with Crippen LogP contribution in [0.3, 0.4) is 0 Å². The molecule has 0 radical (unpaired) electrons. The highest BCUT2D eigenvalue weighted by atomic mass is 16.6. The number of carbonyl (C=O) groups is 3. The standard InChI is InChI=1S/C21H21N3O6/c1-3-30-20(26)13-23-18-12-14(2)4-9-17(18)22(11-10-19(23)25)21(27)15-5-7-16(8-6-15)24(28)29/h4-9,12H,3,10-11,13H2,1-2H3. The first-order valence-electron chi connectivity index (χ1n) is 9.44. The maximum atomic E-state index is 13.2. The van der Waals surface area contributed by atoms with Gasteiger partial charge in [-0.05, 0) is 43.7 Å². The van der Waals surface area contributed by atoms with Crippen LogP contribution in [0.4, 0.5) is 17.1 Å². The number of hydrogen-bond donors (Lipinski definition) is 0. The van der Waals surface area contributed by atoms with Gasteiger partial charge in [0, 0.05) is 30.7 Å². The highest BCUT2D eigenvalue weighted by Gasteiger charge is 2.31. The minimum atomic E-state index is -0.538. The number of fused-ring (bicyclic) bond motifs is 1. The van der Waals surface area contributed by atoms with E-state index < -0.39 is 10.9 Å². The summed E-state index contributed by atoms with van der Waals surface area (Å²) in [4.78, 5) is 51.1. The zero-order valence-electron chi connectivity index (χ0n) is 16.7. The summed E-state index contributed by atoms with van der Waals surface area (Å²) in [6, 6.07) is 10.6. The molecule has 0 fully saturated rings. The molecule has 0 N–H and O–H groups in total. The molecule has 9 nitrogen and oxygen atoms in total. The quantitative estimate of drug-likeness (QED) is 0.425. The highest BCUT2D eigenvalue weighted by molar-refractivity contribution is 6.12. The first-order chi connectivity index (χ1) is 14.3. The summed E-state index contributed by atoms with van der Waals surface area (Å²) < 4.78 is 4.98. The van der Waals surface area contributed by atoms with Gasteiger partial charge < -0.3 is 9.64 Å². The van der Waals surface area contributed by atoms with E-state index in [-0.39, 0.29) is 49.2 Å². The molecule has 0 atom stereocenters. The Kier molecular flexibility index (Phi) is 6.10. The normalized spacial score (nSPS) is 13.5. The Balaban J connectivity index is 1.99. The molecule has 3 rings (SSSR count). The number of benzene rings is 2. The first-order valence-corrected chi connectivity index (χ1v) is 9.44. The molecule has 0 aliphatic carbocycles. The highest BCUT2D eigenvalue weighted by Crippen LogP contribution is 2.35. The van der Waals surface area contributed by atoms with Crippen molar-refractivity contribution in [2.75, 3.05) is 29.5 Å². The third-order valence-electron chi connectivity index (χ3n) is 4.73. The number of carbonyl (C=O) groups excluding carboxylic acids is 3. The van der Waals surface area contributed by atoms with Crippen LogP contribution in [0, 0.1) is 17.0 Å². The fourth-order valence-electron chi connectivity index (χ4n) is 3.28. The fraction of sp³-hybridized carbons (Fsp3) is 0.286. The maximum Gasteiger partial charge on any atom is 0.326 e. The number of nitro groups is 1. The fourth-order valence-corrected chi connectivity index (χ4v) is 3.28. The van der Waals surface area contributed by atoms with Crippen LogP contribution in [0.1, 0.15) is 29.3 Å². The summed E-state index contributed by atoms with van der Waals surface area (Å²) in [5, 5.41) is 10.9. The number of nitrogens with zero attached hydrogens (tertiary/aromatic N) is 3. The number of hydrogen-bond acceptors (Lipinski definition) is 6. The lowest BCUT2D eigenvalue weighted by Crippen LogP contribution is -2.36. The molecular weight excluding hydrogens is 390 g/mol. The van der Waals surface area contributed by atoms with Gasteiger partial charge in [0.25, 0.3) is 11.6 Å². The van der Waals surface area contributed by atoms with Gasteiger partial charge in [0.05, 0.1) is 22.9 Å². The van der Waals surface area contributed by atoms with Crippen molar-refractivity contribution >= 4 is 34.8 Å². The van der Waals surface area contributed by atoms with E-state index in [1.54, 1.807) is 19.1 Å². The van der Waals surface area contributed by atoms with E-state index in [1.165, 1.54) is 34.1 Å². The number of esters is 1. The molecule has 9 heteroatoms. The second kappa shape index (κ2) is 8.73. The van der Waals surface area contributed by atoms with Crippen molar-refractivity contribution in [2.24, 2.45) is 0 Å². The Labute approximate surface area is 173 Å². The SMILES string of the molecule is CCOC(=O)CN1C(=O)CCN(C(=O)c2ccc([N+](=O)[O-])cc2)c2ccc(C)cc21. The molecule has 2 amide bonds. The molecular formula is C21H21N3O6. The summed E-state index contributed by atoms with van der Waals surface area (Å²) in [5.41, 5.74) is 1.94. The Bertz CT molecular complexity index is 1000. The third kappa shape index (κ3) is 4.29. The average Bonchev–Trinajstić information content (AvgIpc) is 2.85. The van der Waals surface area contributed by atoms with E-state index in [0.717, 1.165) is 5.56 Å². The molecule has 156 valence electrons. The molecule has 0 aromatic heterocycles. The molecule has 30 heavy (non-hydrogen) atoms. The maximum absolute atomic E-state index is 13.2. The molecule has 2 aromatic carbocycles. The van der Waals surface area contributed by atoms with Crippen LogP contribution in [0.15, 0.2) is 42.5 Å². The van der Waals surface area contributed by atoms with Crippen LogP contribution in [0.2, 0.25) is 0 Å². The van der Waals surface area contributed by atoms with Crippen LogP contribution >= 0.6 is 0 Å². The van der Waals surface area contributed by atoms with E-state index in [0.29, 0.717) is 11.4 Å². The average molecular weight is 411 g/mol. The summed E-state index contributed by atoms with van der Waals surface area (Å²) in [6.45, 7) is 3.60.